The van der Waals surface area contributed by atoms with Gasteiger partial charge in [0.2, 0.25) is 0 Å². The summed E-state index contributed by atoms with van der Waals surface area (Å²) >= 11 is 0. The topological polar surface area (TPSA) is 92.5 Å². The van der Waals surface area contributed by atoms with Gasteiger partial charge in [-0.15, -0.1) is 0 Å². The second-order valence-corrected chi connectivity index (χ2v) is 5.29. The fourth-order valence-electron chi connectivity index (χ4n) is 2.21. The second-order valence-electron chi connectivity index (χ2n) is 5.29. The van der Waals surface area contributed by atoms with Gasteiger partial charge < -0.3 is 10.4 Å². The predicted molar refractivity (Wildman–Crippen MR) is 75.8 cm³/mol. The lowest BCUT2D eigenvalue weighted by Gasteiger charge is -2.16. The van der Waals surface area contributed by atoms with Crippen molar-refractivity contribution in [2.24, 2.45) is 5.92 Å². The minimum absolute atomic E-state index is 0.218. The van der Waals surface area contributed by atoms with Crippen molar-refractivity contribution in [2.45, 2.75) is 39.8 Å². The lowest BCUT2D eigenvalue weighted by atomic mass is 10.0. The maximum absolute atomic E-state index is 11.2. The van der Waals surface area contributed by atoms with Gasteiger partial charge in [0.1, 0.15) is 5.56 Å². The SMILES string of the molecule is CC(C)CC(C)NCc1cccc([N+](=O)[O-])c1C(=O)O. The molecular formula is C14H20N2O4. The van der Waals surface area contributed by atoms with Crippen molar-refractivity contribution in [1.82, 2.24) is 5.32 Å². The van der Waals surface area contributed by atoms with E-state index >= 15 is 0 Å². The van der Waals surface area contributed by atoms with E-state index in [1.165, 1.54) is 12.1 Å². The molecule has 1 atom stereocenters. The third-order valence-corrected chi connectivity index (χ3v) is 3.01. The van der Waals surface area contributed by atoms with Gasteiger partial charge in [-0.05, 0) is 24.8 Å². The summed E-state index contributed by atoms with van der Waals surface area (Å²) in [5, 5.41) is 23.3. The van der Waals surface area contributed by atoms with E-state index in [-0.39, 0.29) is 17.3 Å². The molecule has 0 saturated carbocycles. The molecule has 1 rings (SSSR count). The average molecular weight is 280 g/mol. The van der Waals surface area contributed by atoms with Crippen LogP contribution in [0.3, 0.4) is 0 Å². The van der Waals surface area contributed by atoms with Crippen molar-refractivity contribution in [3.63, 3.8) is 0 Å². The summed E-state index contributed by atoms with van der Waals surface area (Å²) in [4.78, 5) is 21.5. The molecular weight excluding hydrogens is 260 g/mol. The minimum atomic E-state index is -1.27. The zero-order chi connectivity index (χ0) is 15.3. The van der Waals surface area contributed by atoms with Gasteiger partial charge in [0.15, 0.2) is 0 Å². The highest BCUT2D eigenvalue weighted by atomic mass is 16.6. The second kappa shape index (κ2) is 7.00. The Morgan fingerprint density at radius 3 is 2.55 bits per heavy atom. The molecule has 0 saturated heterocycles. The molecule has 0 bridgehead atoms. The van der Waals surface area contributed by atoms with Crippen molar-refractivity contribution >= 4 is 11.7 Å². The van der Waals surface area contributed by atoms with Crippen LogP contribution in [0.2, 0.25) is 0 Å². The molecule has 2 N–H and O–H groups in total. The Morgan fingerprint density at radius 1 is 1.40 bits per heavy atom. The highest BCUT2D eigenvalue weighted by Crippen LogP contribution is 2.22. The zero-order valence-corrected chi connectivity index (χ0v) is 11.9. The van der Waals surface area contributed by atoms with Crippen molar-refractivity contribution < 1.29 is 14.8 Å². The first-order valence-electron chi connectivity index (χ1n) is 6.55. The number of hydrogen-bond acceptors (Lipinski definition) is 4. The van der Waals surface area contributed by atoms with E-state index < -0.39 is 10.9 Å². The molecule has 0 heterocycles. The van der Waals surface area contributed by atoms with E-state index in [0.717, 1.165) is 6.42 Å². The number of nitrogens with zero attached hydrogens (tertiary/aromatic N) is 1. The molecule has 1 aromatic rings. The fourth-order valence-corrected chi connectivity index (χ4v) is 2.21. The number of aromatic carboxylic acids is 1. The highest BCUT2D eigenvalue weighted by molar-refractivity contribution is 5.94. The first kappa shape index (κ1) is 16.1. The normalized spacial score (nSPS) is 12.4. The van der Waals surface area contributed by atoms with Crippen LogP contribution in [0, 0.1) is 16.0 Å². The first-order chi connectivity index (χ1) is 9.32. The Morgan fingerprint density at radius 2 is 2.05 bits per heavy atom. The summed E-state index contributed by atoms with van der Waals surface area (Å²) in [7, 11) is 0. The molecule has 0 amide bonds. The fraction of sp³-hybridized carbons (Fsp3) is 0.500. The summed E-state index contributed by atoms with van der Waals surface area (Å²) in [5.41, 5.74) is -0.169. The van der Waals surface area contributed by atoms with Gasteiger partial charge in [-0.3, -0.25) is 10.1 Å². The maximum Gasteiger partial charge on any atom is 0.343 e. The molecule has 0 aliphatic heterocycles. The molecule has 6 nitrogen and oxygen atoms in total. The standard InChI is InChI=1S/C14H20N2O4/c1-9(2)7-10(3)15-8-11-5-4-6-12(16(19)20)13(11)14(17)18/h4-6,9-10,15H,7-8H2,1-3H3,(H,17,18). The van der Waals surface area contributed by atoms with Gasteiger partial charge in [-0.25, -0.2) is 4.79 Å². The molecule has 0 aliphatic carbocycles. The molecule has 1 aromatic carbocycles. The molecule has 0 aliphatic rings. The highest BCUT2D eigenvalue weighted by Gasteiger charge is 2.23. The van der Waals surface area contributed by atoms with E-state index in [0.29, 0.717) is 18.0 Å². The van der Waals surface area contributed by atoms with Gasteiger partial charge in [0.05, 0.1) is 4.92 Å². The van der Waals surface area contributed by atoms with E-state index in [1.54, 1.807) is 6.07 Å². The van der Waals surface area contributed by atoms with Crippen LogP contribution in [-0.4, -0.2) is 22.0 Å². The third kappa shape index (κ3) is 4.31. The van der Waals surface area contributed by atoms with Gasteiger partial charge in [0, 0.05) is 18.7 Å². The molecule has 6 heteroatoms. The van der Waals surface area contributed by atoms with Crippen LogP contribution in [0.5, 0.6) is 0 Å². The number of carboxylic acids is 1. The van der Waals surface area contributed by atoms with Crippen LogP contribution in [-0.2, 0) is 6.54 Å². The van der Waals surface area contributed by atoms with Crippen LogP contribution in [0.25, 0.3) is 0 Å². The summed E-state index contributed by atoms with van der Waals surface area (Å²) < 4.78 is 0. The van der Waals surface area contributed by atoms with Gasteiger partial charge >= 0.3 is 5.97 Å². The van der Waals surface area contributed by atoms with Crippen molar-refractivity contribution in [2.75, 3.05) is 0 Å². The van der Waals surface area contributed by atoms with Gasteiger partial charge in [0.25, 0.3) is 5.69 Å². The van der Waals surface area contributed by atoms with E-state index in [2.05, 4.69) is 19.2 Å². The first-order valence-corrected chi connectivity index (χ1v) is 6.55. The van der Waals surface area contributed by atoms with Crippen LogP contribution in [0.4, 0.5) is 5.69 Å². The Kier molecular flexibility index (Phi) is 5.64. The van der Waals surface area contributed by atoms with Crippen molar-refractivity contribution in [3.05, 3.63) is 39.4 Å². The maximum atomic E-state index is 11.2. The van der Waals surface area contributed by atoms with Crippen LogP contribution in [0.1, 0.15) is 43.1 Å². The van der Waals surface area contributed by atoms with Crippen molar-refractivity contribution in [1.29, 1.82) is 0 Å². The van der Waals surface area contributed by atoms with Crippen molar-refractivity contribution in [3.8, 4) is 0 Å². The number of nitro benzene ring substituents is 1. The minimum Gasteiger partial charge on any atom is -0.477 e. The number of nitrogens with one attached hydrogen (secondary N) is 1. The Balaban J connectivity index is 2.92. The molecule has 0 aromatic heterocycles. The molecule has 0 spiro atoms. The predicted octanol–water partition coefficient (Wildman–Crippen LogP) is 2.82. The Labute approximate surface area is 118 Å². The number of benzene rings is 1. The molecule has 20 heavy (non-hydrogen) atoms. The van der Waals surface area contributed by atoms with Gasteiger partial charge in [-0.1, -0.05) is 26.0 Å². The molecule has 0 radical (unpaired) electrons. The zero-order valence-electron chi connectivity index (χ0n) is 11.9. The largest absolute Gasteiger partial charge is 0.477 e. The van der Waals surface area contributed by atoms with E-state index in [9.17, 15) is 20.0 Å². The number of hydrogen-bond donors (Lipinski definition) is 2. The lowest BCUT2D eigenvalue weighted by molar-refractivity contribution is -0.385. The average Bonchev–Trinajstić information content (AvgIpc) is 2.34. The summed E-state index contributed by atoms with van der Waals surface area (Å²) in [6, 6.07) is 4.54. The van der Waals surface area contributed by atoms with E-state index in [1.807, 2.05) is 6.92 Å². The Hall–Kier alpha value is -1.95. The lowest BCUT2D eigenvalue weighted by Crippen LogP contribution is -2.27. The van der Waals surface area contributed by atoms with Gasteiger partial charge in [-0.2, -0.15) is 0 Å². The molecule has 110 valence electrons. The summed E-state index contributed by atoms with van der Waals surface area (Å²) in [6.07, 6.45) is 0.956. The quantitative estimate of drug-likeness (QED) is 0.591. The van der Waals surface area contributed by atoms with Crippen LogP contribution < -0.4 is 5.32 Å². The third-order valence-electron chi connectivity index (χ3n) is 3.01. The van der Waals surface area contributed by atoms with Crippen LogP contribution in [0.15, 0.2) is 18.2 Å². The number of rotatable bonds is 7. The van der Waals surface area contributed by atoms with E-state index in [4.69, 9.17) is 0 Å². The summed E-state index contributed by atoms with van der Waals surface area (Å²) in [5.74, 6) is -0.743. The van der Waals surface area contributed by atoms with Crippen LogP contribution >= 0.6 is 0 Å². The summed E-state index contributed by atoms with van der Waals surface area (Å²) in [6.45, 7) is 6.53. The number of carboxylic acid groups (broad SMARTS) is 1. The molecule has 1 unspecified atom stereocenters. The smallest absolute Gasteiger partial charge is 0.343 e. The number of carbonyl (C=O) groups is 1. The number of nitro groups is 1. The molecule has 0 fully saturated rings. The Bertz CT molecular complexity index is 500. The monoisotopic (exact) mass is 280 g/mol.